The first-order chi connectivity index (χ1) is 8.37. The van der Waals surface area contributed by atoms with E-state index in [1.54, 1.807) is 0 Å². The standard InChI is InChI=1S/C15H22O2S/c1-15(2,3)18-14(17)11-13(16)10-9-12-7-5-4-6-8-12/h4-8,13,16H,9-11H2,1-3H3/t13-/m0/s1. The lowest BCUT2D eigenvalue weighted by Crippen LogP contribution is -2.17. The van der Waals surface area contributed by atoms with Gasteiger partial charge in [-0.2, -0.15) is 0 Å². The minimum absolute atomic E-state index is 0.0723. The Morgan fingerprint density at radius 1 is 1.28 bits per heavy atom. The summed E-state index contributed by atoms with van der Waals surface area (Å²) in [6.45, 7) is 6.02. The van der Waals surface area contributed by atoms with Crippen molar-refractivity contribution in [2.24, 2.45) is 0 Å². The molecule has 0 amide bonds. The maximum absolute atomic E-state index is 11.7. The van der Waals surface area contributed by atoms with Crippen molar-refractivity contribution in [1.29, 1.82) is 0 Å². The molecule has 3 heteroatoms. The normalized spacial score (nSPS) is 13.3. The Labute approximate surface area is 114 Å². The van der Waals surface area contributed by atoms with Crippen molar-refractivity contribution in [2.75, 3.05) is 0 Å². The number of rotatable bonds is 5. The number of hydrogen-bond donors (Lipinski definition) is 1. The molecule has 1 atom stereocenters. The fourth-order valence-corrected chi connectivity index (χ4v) is 2.61. The van der Waals surface area contributed by atoms with Crippen LogP contribution >= 0.6 is 11.8 Å². The van der Waals surface area contributed by atoms with E-state index >= 15 is 0 Å². The minimum Gasteiger partial charge on any atom is -0.393 e. The summed E-state index contributed by atoms with van der Waals surface area (Å²) in [6, 6.07) is 10.0. The van der Waals surface area contributed by atoms with Gasteiger partial charge in [0, 0.05) is 11.2 Å². The van der Waals surface area contributed by atoms with Crippen molar-refractivity contribution < 1.29 is 9.90 Å². The fourth-order valence-electron chi connectivity index (χ4n) is 1.66. The Morgan fingerprint density at radius 3 is 2.44 bits per heavy atom. The number of hydrogen-bond acceptors (Lipinski definition) is 3. The van der Waals surface area contributed by atoms with Gasteiger partial charge in [-0.3, -0.25) is 4.79 Å². The first-order valence-corrected chi connectivity index (χ1v) is 7.12. The minimum atomic E-state index is -0.535. The van der Waals surface area contributed by atoms with Gasteiger partial charge in [0.15, 0.2) is 5.12 Å². The second kappa shape index (κ2) is 6.95. The van der Waals surface area contributed by atoms with E-state index in [2.05, 4.69) is 0 Å². The van der Waals surface area contributed by atoms with Crippen LogP contribution in [0.2, 0.25) is 0 Å². The largest absolute Gasteiger partial charge is 0.393 e. The molecular formula is C15H22O2S. The lowest BCUT2D eigenvalue weighted by atomic mass is 10.1. The molecule has 0 aliphatic carbocycles. The highest BCUT2D eigenvalue weighted by molar-refractivity contribution is 8.14. The Balaban J connectivity index is 2.29. The highest BCUT2D eigenvalue weighted by atomic mass is 32.2. The summed E-state index contributed by atoms with van der Waals surface area (Å²) in [5.41, 5.74) is 1.20. The molecule has 0 aliphatic rings. The Kier molecular flexibility index (Phi) is 5.89. The number of benzene rings is 1. The van der Waals surface area contributed by atoms with Gasteiger partial charge in [-0.05, 0) is 18.4 Å². The van der Waals surface area contributed by atoms with Crippen LogP contribution in [0.5, 0.6) is 0 Å². The zero-order valence-corrected chi connectivity index (χ0v) is 12.2. The quantitative estimate of drug-likeness (QED) is 0.887. The molecule has 18 heavy (non-hydrogen) atoms. The van der Waals surface area contributed by atoms with E-state index in [-0.39, 0.29) is 16.3 Å². The lowest BCUT2D eigenvalue weighted by Gasteiger charge is -2.17. The predicted octanol–water partition coefficient (Wildman–Crippen LogP) is 3.43. The highest BCUT2D eigenvalue weighted by Gasteiger charge is 2.19. The van der Waals surface area contributed by atoms with Gasteiger partial charge in [-0.25, -0.2) is 0 Å². The van der Waals surface area contributed by atoms with Gasteiger partial charge in [0.05, 0.1) is 6.10 Å². The number of aliphatic hydroxyl groups excluding tert-OH is 1. The zero-order valence-electron chi connectivity index (χ0n) is 11.3. The lowest BCUT2D eigenvalue weighted by molar-refractivity contribution is -0.112. The summed E-state index contributed by atoms with van der Waals surface area (Å²) in [5, 5.41) is 9.92. The van der Waals surface area contributed by atoms with Gasteiger partial charge in [0.1, 0.15) is 0 Å². The van der Waals surface area contributed by atoms with Gasteiger partial charge in [-0.1, -0.05) is 62.9 Å². The number of thioether (sulfide) groups is 1. The van der Waals surface area contributed by atoms with Gasteiger partial charge < -0.3 is 5.11 Å². The maximum Gasteiger partial charge on any atom is 0.192 e. The maximum atomic E-state index is 11.7. The molecular weight excluding hydrogens is 244 g/mol. The molecule has 1 aromatic rings. The molecule has 0 saturated heterocycles. The van der Waals surface area contributed by atoms with Crippen LogP contribution in [-0.4, -0.2) is 21.1 Å². The summed E-state index contributed by atoms with van der Waals surface area (Å²) in [4.78, 5) is 11.7. The predicted molar refractivity (Wildman–Crippen MR) is 77.7 cm³/mol. The number of carbonyl (C=O) groups excluding carboxylic acids is 1. The van der Waals surface area contributed by atoms with E-state index < -0.39 is 6.10 Å². The van der Waals surface area contributed by atoms with Crippen molar-refractivity contribution >= 4 is 16.9 Å². The monoisotopic (exact) mass is 266 g/mol. The van der Waals surface area contributed by atoms with Crippen LogP contribution in [0.15, 0.2) is 30.3 Å². The highest BCUT2D eigenvalue weighted by Crippen LogP contribution is 2.26. The Morgan fingerprint density at radius 2 is 1.89 bits per heavy atom. The van der Waals surface area contributed by atoms with E-state index in [9.17, 15) is 9.90 Å². The molecule has 0 spiro atoms. The van der Waals surface area contributed by atoms with Crippen LogP contribution in [0.4, 0.5) is 0 Å². The van der Waals surface area contributed by atoms with E-state index in [0.29, 0.717) is 6.42 Å². The third kappa shape index (κ3) is 6.82. The molecule has 0 aliphatic heterocycles. The van der Waals surface area contributed by atoms with Crippen molar-refractivity contribution in [3.8, 4) is 0 Å². The summed E-state index contributed by atoms with van der Waals surface area (Å²) >= 11 is 1.31. The molecule has 100 valence electrons. The van der Waals surface area contributed by atoms with Gasteiger partial charge in [-0.15, -0.1) is 0 Å². The third-order valence-electron chi connectivity index (χ3n) is 2.43. The third-order valence-corrected chi connectivity index (χ3v) is 3.44. The topological polar surface area (TPSA) is 37.3 Å². The molecule has 0 fully saturated rings. The molecule has 1 aromatic carbocycles. The van der Waals surface area contributed by atoms with Crippen LogP contribution in [0, 0.1) is 0 Å². The second-order valence-corrected chi connectivity index (χ2v) is 7.35. The van der Waals surface area contributed by atoms with Crippen LogP contribution in [-0.2, 0) is 11.2 Å². The van der Waals surface area contributed by atoms with Crippen LogP contribution < -0.4 is 0 Å². The van der Waals surface area contributed by atoms with Gasteiger partial charge in [0.2, 0.25) is 0 Å². The summed E-state index contributed by atoms with van der Waals surface area (Å²) in [5.74, 6) is 0. The SMILES string of the molecule is CC(C)(C)SC(=O)C[C@@H](O)CCc1ccccc1. The summed E-state index contributed by atoms with van der Waals surface area (Å²) in [6.07, 6.45) is 1.16. The molecule has 0 saturated carbocycles. The molecule has 1 rings (SSSR count). The number of carbonyl (C=O) groups is 1. The summed E-state index contributed by atoms with van der Waals surface area (Å²) in [7, 11) is 0. The van der Waals surface area contributed by atoms with Crippen LogP contribution in [0.1, 0.15) is 39.2 Å². The van der Waals surface area contributed by atoms with Crippen molar-refractivity contribution in [1.82, 2.24) is 0 Å². The second-order valence-electron chi connectivity index (χ2n) is 5.47. The molecule has 1 N–H and O–H groups in total. The fraction of sp³-hybridized carbons (Fsp3) is 0.533. The van der Waals surface area contributed by atoms with E-state index in [1.807, 2.05) is 51.1 Å². The molecule has 0 radical (unpaired) electrons. The first kappa shape index (κ1) is 15.3. The Bertz CT molecular complexity index is 368. The molecule has 0 heterocycles. The van der Waals surface area contributed by atoms with Crippen LogP contribution in [0.25, 0.3) is 0 Å². The van der Waals surface area contributed by atoms with Crippen LogP contribution in [0.3, 0.4) is 0 Å². The zero-order chi connectivity index (χ0) is 13.6. The van der Waals surface area contributed by atoms with E-state index in [0.717, 1.165) is 6.42 Å². The van der Waals surface area contributed by atoms with Gasteiger partial charge in [0.25, 0.3) is 0 Å². The smallest absolute Gasteiger partial charge is 0.192 e. The Hall–Kier alpha value is -0.800. The van der Waals surface area contributed by atoms with Crippen molar-refractivity contribution in [3.63, 3.8) is 0 Å². The molecule has 0 bridgehead atoms. The van der Waals surface area contributed by atoms with E-state index in [1.165, 1.54) is 17.3 Å². The molecule has 0 unspecified atom stereocenters. The molecule has 0 aromatic heterocycles. The van der Waals surface area contributed by atoms with Crippen molar-refractivity contribution in [3.05, 3.63) is 35.9 Å². The van der Waals surface area contributed by atoms with Gasteiger partial charge >= 0.3 is 0 Å². The number of aryl methyl sites for hydroxylation is 1. The summed E-state index contributed by atoms with van der Waals surface area (Å²) < 4.78 is -0.0732. The number of aliphatic hydroxyl groups is 1. The van der Waals surface area contributed by atoms with Crippen molar-refractivity contribution in [2.45, 2.75) is 50.9 Å². The average Bonchev–Trinajstić information content (AvgIpc) is 2.25. The molecule has 2 nitrogen and oxygen atoms in total. The average molecular weight is 266 g/mol. The first-order valence-electron chi connectivity index (χ1n) is 6.30. The van der Waals surface area contributed by atoms with E-state index in [4.69, 9.17) is 0 Å².